The molecule has 28 heavy (non-hydrogen) atoms. The second-order valence-corrected chi connectivity index (χ2v) is 7.27. The van der Waals surface area contributed by atoms with Gasteiger partial charge in [0.1, 0.15) is 5.82 Å². The normalized spacial score (nSPS) is 14.7. The first-order valence-electron chi connectivity index (χ1n) is 9.96. The highest BCUT2D eigenvalue weighted by atomic mass is 19.1. The summed E-state index contributed by atoms with van der Waals surface area (Å²) in [5.41, 5.74) is 1.78. The monoisotopic (exact) mass is 382 g/mol. The molecule has 1 heterocycles. The number of nitrogens with zero attached hydrogens (tertiary/aromatic N) is 1. The van der Waals surface area contributed by atoms with E-state index in [4.69, 9.17) is 0 Å². The number of carbonyl (C=O) groups excluding carboxylic acids is 2. The van der Waals surface area contributed by atoms with Crippen LogP contribution in [0.25, 0.3) is 0 Å². The van der Waals surface area contributed by atoms with E-state index in [9.17, 15) is 14.0 Å². The fraction of sp³-hybridized carbons (Fsp3) is 0.391. The van der Waals surface area contributed by atoms with Crippen LogP contribution >= 0.6 is 0 Å². The molecule has 0 saturated carbocycles. The molecule has 0 bridgehead atoms. The van der Waals surface area contributed by atoms with Crippen molar-refractivity contribution < 1.29 is 14.0 Å². The maximum atomic E-state index is 13.6. The lowest BCUT2D eigenvalue weighted by atomic mass is 9.95. The van der Waals surface area contributed by atoms with E-state index in [1.807, 2.05) is 35.2 Å². The maximum Gasteiger partial charge on any atom is 0.223 e. The van der Waals surface area contributed by atoms with Crippen molar-refractivity contribution in [3.8, 4) is 0 Å². The Kier molecular flexibility index (Phi) is 7.18. The Labute approximate surface area is 165 Å². The Morgan fingerprint density at radius 1 is 0.964 bits per heavy atom. The molecule has 4 nitrogen and oxygen atoms in total. The molecule has 5 heteroatoms. The van der Waals surface area contributed by atoms with Crippen molar-refractivity contribution in [2.75, 3.05) is 19.6 Å². The van der Waals surface area contributed by atoms with Gasteiger partial charge in [0.15, 0.2) is 0 Å². The molecule has 0 aliphatic carbocycles. The van der Waals surface area contributed by atoms with Crippen LogP contribution in [0.3, 0.4) is 0 Å². The number of halogens is 1. The molecule has 3 rings (SSSR count). The SMILES string of the molecule is O=C(NCCc1ccccc1F)C1CCN(C(=O)CCc2ccccc2)CC1. The summed E-state index contributed by atoms with van der Waals surface area (Å²) in [6.45, 7) is 1.67. The lowest BCUT2D eigenvalue weighted by Gasteiger charge is -2.31. The van der Waals surface area contributed by atoms with Gasteiger partial charge < -0.3 is 10.2 Å². The molecule has 1 saturated heterocycles. The van der Waals surface area contributed by atoms with Crippen LogP contribution in [0.1, 0.15) is 30.4 Å². The number of hydrogen-bond donors (Lipinski definition) is 1. The highest BCUT2D eigenvalue weighted by molar-refractivity contribution is 5.80. The second-order valence-electron chi connectivity index (χ2n) is 7.27. The molecular formula is C23H27FN2O2. The van der Waals surface area contributed by atoms with Gasteiger partial charge in [-0.3, -0.25) is 9.59 Å². The summed E-state index contributed by atoms with van der Waals surface area (Å²) >= 11 is 0. The molecule has 0 unspecified atom stereocenters. The zero-order chi connectivity index (χ0) is 19.8. The third-order valence-electron chi connectivity index (χ3n) is 5.34. The van der Waals surface area contributed by atoms with E-state index in [0.29, 0.717) is 50.9 Å². The lowest BCUT2D eigenvalue weighted by molar-refractivity contribution is -0.135. The standard InChI is InChI=1S/C23H27FN2O2/c24-21-9-5-4-8-19(21)12-15-25-23(28)20-13-16-26(17-14-20)22(27)11-10-18-6-2-1-3-7-18/h1-9,20H,10-17H2,(H,25,28). The molecule has 2 aromatic rings. The van der Waals surface area contributed by atoms with Crippen molar-refractivity contribution >= 4 is 11.8 Å². The average molecular weight is 382 g/mol. The van der Waals surface area contributed by atoms with E-state index in [0.717, 1.165) is 6.42 Å². The van der Waals surface area contributed by atoms with Crippen molar-refractivity contribution in [3.05, 3.63) is 71.5 Å². The molecule has 1 aliphatic heterocycles. The topological polar surface area (TPSA) is 49.4 Å². The Balaban J connectivity index is 1.36. The van der Waals surface area contributed by atoms with Crippen molar-refractivity contribution in [1.82, 2.24) is 10.2 Å². The Hall–Kier alpha value is -2.69. The highest BCUT2D eigenvalue weighted by Crippen LogP contribution is 2.18. The molecule has 0 aromatic heterocycles. The van der Waals surface area contributed by atoms with Crippen LogP contribution < -0.4 is 5.32 Å². The smallest absolute Gasteiger partial charge is 0.223 e. The summed E-state index contributed by atoms with van der Waals surface area (Å²) in [5, 5.41) is 2.91. The first-order valence-corrected chi connectivity index (χ1v) is 9.96. The van der Waals surface area contributed by atoms with Gasteiger partial charge in [-0.25, -0.2) is 4.39 Å². The maximum absolute atomic E-state index is 13.6. The van der Waals surface area contributed by atoms with Gasteiger partial charge in [0.05, 0.1) is 0 Å². The summed E-state index contributed by atoms with van der Waals surface area (Å²) in [5.74, 6) is -0.146. The van der Waals surface area contributed by atoms with E-state index in [1.54, 1.807) is 18.2 Å². The van der Waals surface area contributed by atoms with Crippen LogP contribution in [0.4, 0.5) is 4.39 Å². The number of amides is 2. The Morgan fingerprint density at radius 3 is 2.36 bits per heavy atom. The fourth-order valence-electron chi connectivity index (χ4n) is 3.61. The molecule has 1 N–H and O–H groups in total. The average Bonchev–Trinajstić information content (AvgIpc) is 2.74. The minimum absolute atomic E-state index is 0.00715. The van der Waals surface area contributed by atoms with Crippen LogP contribution in [0.15, 0.2) is 54.6 Å². The summed E-state index contributed by atoms with van der Waals surface area (Å²) in [7, 11) is 0. The molecule has 148 valence electrons. The van der Waals surface area contributed by atoms with Gasteiger partial charge in [0, 0.05) is 32.0 Å². The quantitative estimate of drug-likeness (QED) is 0.798. The molecule has 1 fully saturated rings. The van der Waals surface area contributed by atoms with Crippen molar-refractivity contribution in [1.29, 1.82) is 0 Å². The lowest BCUT2D eigenvalue weighted by Crippen LogP contribution is -2.43. The summed E-state index contributed by atoms with van der Waals surface area (Å²) in [6, 6.07) is 16.6. The summed E-state index contributed by atoms with van der Waals surface area (Å²) in [6.07, 6.45) is 3.10. The van der Waals surface area contributed by atoms with Crippen molar-refractivity contribution in [3.63, 3.8) is 0 Å². The number of benzene rings is 2. The fourth-order valence-corrected chi connectivity index (χ4v) is 3.61. The van der Waals surface area contributed by atoms with Gasteiger partial charge in [-0.1, -0.05) is 48.5 Å². The summed E-state index contributed by atoms with van der Waals surface area (Å²) < 4.78 is 13.6. The van der Waals surface area contributed by atoms with Gasteiger partial charge in [-0.05, 0) is 42.9 Å². The number of aryl methyl sites for hydroxylation is 1. The van der Waals surface area contributed by atoms with Crippen molar-refractivity contribution in [2.24, 2.45) is 5.92 Å². The summed E-state index contributed by atoms with van der Waals surface area (Å²) in [4.78, 5) is 26.6. The predicted molar refractivity (Wildman–Crippen MR) is 107 cm³/mol. The zero-order valence-electron chi connectivity index (χ0n) is 16.1. The number of hydrogen-bond acceptors (Lipinski definition) is 2. The minimum atomic E-state index is -0.237. The van der Waals surface area contributed by atoms with Gasteiger partial charge in [-0.2, -0.15) is 0 Å². The predicted octanol–water partition coefficient (Wildman–Crippen LogP) is 3.36. The van der Waals surface area contributed by atoms with Crippen molar-refractivity contribution in [2.45, 2.75) is 32.1 Å². The van der Waals surface area contributed by atoms with Crippen LogP contribution in [0.2, 0.25) is 0 Å². The van der Waals surface area contributed by atoms with Gasteiger partial charge in [0.2, 0.25) is 11.8 Å². The molecule has 0 atom stereocenters. The van der Waals surface area contributed by atoms with E-state index in [1.165, 1.54) is 11.6 Å². The number of piperidine rings is 1. The molecule has 2 aromatic carbocycles. The highest BCUT2D eigenvalue weighted by Gasteiger charge is 2.26. The number of likely N-dealkylation sites (tertiary alicyclic amines) is 1. The minimum Gasteiger partial charge on any atom is -0.356 e. The largest absolute Gasteiger partial charge is 0.356 e. The molecule has 1 aliphatic rings. The van der Waals surface area contributed by atoms with Gasteiger partial charge in [-0.15, -0.1) is 0 Å². The van der Waals surface area contributed by atoms with E-state index in [2.05, 4.69) is 5.32 Å². The molecule has 0 radical (unpaired) electrons. The van der Waals surface area contributed by atoms with E-state index < -0.39 is 0 Å². The number of carbonyl (C=O) groups is 2. The molecular weight excluding hydrogens is 355 g/mol. The third-order valence-corrected chi connectivity index (χ3v) is 5.34. The zero-order valence-corrected chi connectivity index (χ0v) is 16.1. The second kappa shape index (κ2) is 10.0. The Bertz CT molecular complexity index is 786. The van der Waals surface area contributed by atoms with E-state index >= 15 is 0 Å². The number of rotatable bonds is 7. The Morgan fingerprint density at radius 2 is 1.64 bits per heavy atom. The molecule has 2 amide bonds. The van der Waals surface area contributed by atoms with Crippen LogP contribution in [0.5, 0.6) is 0 Å². The van der Waals surface area contributed by atoms with Crippen LogP contribution in [0, 0.1) is 11.7 Å². The van der Waals surface area contributed by atoms with E-state index in [-0.39, 0.29) is 23.5 Å². The van der Waals surface area contributed by atoms with Crippen LogP contribution in [-0.2, 0) is 22.4 Å². The molecule has 0 spiro atoms. The first-order chi connectivity index (χ1) is 13.6. The van der Waals surface area contributed by atoms with Gasteiger partial charge >= 0.3 is 0 Å². The third kappa shape index (κ3) is 5.65. The first kappa shape index (κ1) is 20.1. The number of nitrogens with one attached hydrogen (secondary N) is 1. The van der Waals surface area contributed by atoms with Gasteiger partial charge in [0.25, 0.3) is 0 Å². The van der Waals surface area contributed by atoms with Crippen LogP contribution in [-0.4, -0.2) is 36.3 Å².